The van der Waals surface area contributed by atoms with Crippen LogP contribution in [0.4, 0.5) is 21.6 Å². The van der Waals surface area contributed by atoms with E-state index in [1.165, 1.54) is 73.3 Å². The maximum absolute atomic E-state index is 12.9. The van der Waals surface area contributed by atoms with Gasteiger partial charge in [0.1, 0.15) is 12.2 Å². The Morgan fingerprint density at radius 2 is 1.34 bits per heavy atom. The highest BCUT2D eigenvalue weighted by Crippen LogP contribution is 2.29. The number of carbonyl (C=O) groups excluding carboxylic acids is 2. The molecule has 2 fully saturated rings. The third-order valence-electron chi connectivity index (χ3n) is 7.13. The molecule has 2 atom stereocenters. The van der Waals surface area contributed by atoms with E-state index in [0.717, 1.165) is 0 Å². The molecule has 47 heavy (non-hydrogen) atoms. The highest BCUT2D eigenvalue weighted by Gasteiger charge is 2.32. The van der Waals surface area contributed by atoms with E-state index >= 15 is 0 Å². The summed E-state index contributed by atoms with van der Waals surface area (Å²) in [5.41, 5.74) is 1.12. The van der Waals surface area contributed by atoms with Crippen LogP contribution in [-0.4, -0.2) is 80.7 Å². The molecule has 2 amide bonds. The van der Waals surface area contributed by atoms with Crippen molar-refractivity contribution in [3.8, 4) is 0 Å². The fraction of sp³-hybridized carbons (Fsp3) is 0.241. The highest BCUT2D eigenvalue weighted by atomic mass is 32.2. The van der Waals surface area contributed by atoms with Crippen molar-refractivity contribution in [2.24, 2.45) is 0 Å². The Labute approximate surface area is 279 Å². The van der Waals surface area contributed by atoms with E-state index in [1.54, 1.807) is 41.2 Å². The largest absolute Gasteiger partial charge is 0.383 e. The van der Waals surface area contributed by atoms with Gasteiger partial charge in [-0.3, -0.25) is 14.3 Å². The molecule has 6 rings (SSSR count). The molecule has 2 aromatic carbocycles. The zero-order valence-corrected chi connectivity index (χ0v) is 27.9. The second kappa shape index (κ2) is 14.3. The van der Waals surface area contributed by atoms with Crippen molar-refractivity contribution in [2.75, 3.05) is 38.5 Å². The molecule has 14 nitrogen and oxygen atoms in total. The van der Waals surface area contributed by atoms with Crippen molar-refractivity contribution in [3.05, 3.63) is 84.3 Å². The monoisotopic (exact) mass is 718 g/mol. The van der Waals surface area contributed by atoms with Crippen molar-refractivity contribution < 1.29 is 36.6 Å². The summed E-state index contributed by atoms with van der Waals surface area (Å²) in [7, 11) is -7.50. The number of nitrogens with one attached hydrogen (secondary N) is 1. The average molecular weight is 719 g/mol. The van der Waals surface area contributed by atoms with Gasteiger partial charge in [0.05, 0.1) is 16.3 Å². The first kappa shape index (κ1) is 34.1. The lowest BCUT2D eigenvalue weighted by atomic mass is 10.3. The molecule has 3 N–H and O–H groups in total. The summed E-state index contributed by atoms with van der Waals surface area (Å²) in [5.74, 6) is -0.733. The quantitative estimate of drug-likeness (QED) is 0.206. The molecule has 0 unspecified atom stereocenters. The summed E-state index contributed by atoms with van der Waals surface area (Å²) in [4.78, 5) is 34.6. The molecule has 4 heterocycles. The Morgan fingerprint density at radius 1 is 0.830 bits per heavy atom. The number of hydrogen-bond donors (Lipinski definition) is 3. The van der Waals surface area contributed by atoms with E-state index in [9.17, 15) is 36.6 Å². The van der Waals surface area contributed by atoms with E-state index in [-0.39, 0.29) is 28.2 Å². The molecule has 248 valence electrons. The van der Waals surface area contributed by atoms with E-state index in [2.05, 4.69) is 21.3 Å². The second-order valence-corrected chi connectivity index (χ2v) is 15.5. The fourth-order valence-electron chi connectivity index (χ4n) is 4.76. The zero-order valence-electron chi connectivity index (χ0n) is 24.6. The Morgan fingerprint density at radius 3 is 1.77 bits per heavy atom. The SMILES string of the molecule is C=CCN(c1nccs1)S(=O)(=O)c1ccc(N2CC[C@@H](O)C2=O)cc1.O=C1[C@H](O)CCN1c1ccc(S(=O)(=O)Nc2nccs2)cc1. The predicted octanol–water partition coefficient (Wildman–Crippen LogP) is 2.66. The van der Waals surface area contributed by atoms with Gasteiger partial charge in [0.25, 0.3) is 31.9 Å². The van der Waals surface area contributed by atoms with Crippen molar-refractivity contribution in [3.63, 3.8) is 0 Å². The molecule has 0 aliphatic carbocycles. The Hall–Kier alpha value is -4.20. The number of amides is 2. The standard InChI is InChI=1S/C16H17N3O4S2.C13H13N3O4S2/c1-2-9-19(16-17-8-11-24-16)25(22,23)13-5-3-12(4-6-13)18-10-7-14(20)15(18)21;17-11-5-7-16(12(11)18)9-1-3-10(4-2-9)22(19,20)15-13-14-6-8-21-13/h2-6,8,11,14,20H,1,7,9-10H2;1-4,6,8,11,17H,5,7H2,(H,14,15)/t14-;11-/m11/s1. The molecule has 18 heteroatoms. The van der Waals surface area contributed by atoms with E-state index in [0.29, 0.717) is 47.6 Å². The first-order valence-corrected chi connectivity index (χ1v) is 18.7. The molecule has 0 saturated carbocycles. The van der Waals surface area contributed by atoms with Crippen molar-refractivity contribution in [2.45, 2.75) is 34.8 Å². The van der Waals surface area contributed by atoms with Crippen LogP contribution in [0.25, 0.3) is 0 Å². The van der Waals surface area contributed by atoms with Crippen LogP contribution >= 0.6 is 22.7 Å². The normalized spacial score (nSPS) is 18.2. The topological polar surface area (TPSA) is 190 Å². The van der Waals surface area contributed by atoms with Gasteiger partial charge in [-0.2, -0.15) is 0 Å². The van der Waals surface area contributed by atoms with Crippen LogP contribution in [0.1, 0.15) is 12.8 Å². The Bertz CT molecular complexity index is 1920. The molecule has 2 aliphatic rings. The summed E-state index contributed by atoms with van der Waals surface area (Å²) in [6.07, 6.45) is 3.33. The van der Waals surface area contributed by atoms with Gasteiger partial charge in [-0.05, 0) is 48.5 Å². The Balaban J connectivity index is 0.000000186. The molecule has 0 spiro atoms. The molecule has 2 aromatic heterocycles. The van der Waals surface area contributed by atoms with Gasteiger partial charge in [-0.15, -0.1) is 29.3 Å². The van der Waals surface area contributed by atoms with Crippen LogP contribution in [0, 0.1) is 0 Å². The number of aliphatic hydroxyl groups is 2. The number of carbonyl (C=O) groups is 2. The maximum Gasteiger partial charge on any atom is 0.266 e. The van der Waals surface area contributed by atoms with Crippen LogP contribution in [0.5, 0.6) is 0 Å². The number of aromatic nitrogens is 2. The van der Waals surface area contributed by atoms with Crippen LogP contribution in [0.2, 0.25) is 0 Å². The maximum atomic E-state index is 12.9. The summed E-state index contributed by atoms with van der Waals surface area (Å²) < 4.78 is 53.7. The number of benzene rings is 2. The molecule has 0 radical (unpaired) electrons. The van der Waals surface area contributed by atoms with Crippen LogP contribution in [0.3, 0.4) is 0 Å². The third kappa shape index (κ3) is 7.53. The summed E-state index contributed by atoms with van der Waals surface area (Å²) >= 11 is 2.41. The summed E-state index contributed by atoms with van der Waals surface area (Å²) in [6.45, 7) is 4.54. The Kier molecular flexibility index (Phi) is 10.4. The number of sulfonamides is 2. The smallest absolute Gasteiger partial charge is 0.266 e. The first-order chi connectivity index (χ1) is 22.4. The number of hydrogen-bond acceptors (Lipinski definition) is 12. The molecule has 2 aliphatic heterocycles. The van der Waals surface area contributed by atoms with Gasteiger partial charge in [-0.25, -0.2) is 31.1 Å². The summed E-state index contributed by atoms with van der Waals surface area (Å²) in [6, 6.07) is 12.0. The predicted molar refractivity (Wildman–Crippen MR) is 179 cm³/mol. The summed E-state index contributed by atoms with van der Waals surface area (Å²) in [5, 5.41) is 23.0. The zero-order chi connectivity index (χ0) is 33.8. The van der Waals surface area contributed by atoms with E-state index in [4.69, 9.17) is 0 Å². The molecular formula is C29H30N6O8S4. The van der Waals surface area contributed by atoms with Crippen LogP contribution in [0.15, 0.2) is 94.1 Å². The lowest BCUT2D eigenvalue weighted by Gasteiger charge is -2.21. The van der Waals surface area contributed by atoms with Gasteiger partial charge in [0.15, 0.2) is 10.3 Å². The molecule has 2 saturated heterocycles. The minimum Gasteiger partial charge on any atom is -0.383 e. The highest BCUT2D eigenvalue weighted by molar-refractivity contribution is 7.93. The van der Waals surface area contributed by atoms with E-state index < -0.39 is 32.3 Å². The lowest BCUT2D eigenvalue weighted by molar-refractivity contribution is -0.124. The van der Waals surface area contributed by atoms with Crippen LogP contribution < -0.4 is 18.8 Å². The third-order valence-corrected chi connectivity index (χ3v) is 12.0. The van der Waals surface area contributed by atoms with Gasteiger partial charge in [-0.1, -0.05) is 6.08 Å². The van der Waals surface area contributed by atoms with Crippen molar-refractivity contribution >= 4 is 76.2 Å². The van der Waals surface area contributed by atoms with Gasteiger partial charge < -0.3 is 20.0 Å². The molecule has 4 aromatic rings. The van der Waals surface area contributed by atoms with Gasteiger partial charge >= 0.3 is 0 Å². The van der Waals surface area contributed by atoms with Gasteiger partial charge in [0.2, 0.25) is 0 Å². The van der Waals surface area contributed by atoms with Crippen LogP contribution in [-0.2, 0) is 29.6 Å². The number of anilines is 4. The van der Waals surface area contributed by atoms with Crippen molar-refractivity contribution in [1.82, 2.24) is 9.97 Å². The second-order valence-electron chi connectivity index (χ2n) is 10.2. The fourth-order valence-corrected chi connectivity index (χ4v) is 8.81. The molecule has 0 bridgehead atoms. The van der Waals surface area contributed by atoms with E-state index in [1.807, 2.05) is 0 Å². The first-order valence-electron chi connectivity index (χ1n) is 14.1. The number of thiazole rings is 2. The average Bonchev–Trinajstić information content (AvgIpc) is 3.88. The van der Waals surface area contributed by atoms with Crippen molar-refractivity contribution in [1.29, 1.82) is 0 Å². The molecular weight excluding hydrogens is 689 g/mol. The minimum atomic E-state index is -3.79. The number of aliphatic hydroxyl groups excluding tert-OH is 2. The number of nitrogens with zero attached hydrogens (tertiary/aromatic N) is 5. The number of rotatable bonds is 10. The minimum absolute atomic E-state index is 0.0821. The lowest BCUT2D eigenvalue weighted by Crippen LogP contribution is -2.31. The van der Waals surface area contributed by atoms with Gasteiger partial charge in [0, 0.05) is 60.5 Å².